The van der Waals surface area contributed by atoms with Crippen LogP contribution in [0.5, 0.6) is 5.88 Å². The lowest BCUT2D eigenvalue weighted by atomic mass is 9.95. The topological polar surface area (TPSA) is 145 Å². The number of para-hydroxylation sites is 1. The number of benzene rings is 1. The van der Waals surface area contributed by atoms with Gasteiger partial charge in [-0.1, -0.05) is 37.5 Å². The van der Waals surface area contributed by atoms with Gasteiger partial charge in [-0.3, -0.25) is 19.0 Å². The molecule has 1 aliphatic carbocycles. The van der Waals surface area contributed by atoms with Crippen molar-refractivity contribution >= 4 is 11.8 Å². The number of carboxylic acids is 1. The SMILES string of the molecule is NC(C(=O)O)C(=O)c1c(O)n(C2CCCCC2)c(=O)n(-c2ccccc2)c1=O. The second-order valence-corrected chi connectivity index (χ2v) is 6.80. The maximum Gasteiger partial charge on any atom is 0.338 e. The fourth-order valence-electron chi connectivity index (χ4n) is 3.57. The Morgan fingerprint density at radius 1 is 1.07 bits per heavy atom. The lowest BCUT2D eigenvalue weighted by Gasteiger charge is -2.26. The highest BCUT2D eigenvalue weighted by Crippen LogP contribution is 2.30. The molecule has 1 heterocycles. The summed E-state index contributed by atoms with van der Waals surface area (Å²) in [4.78, 5) is 49.7. The molecule has 0 spiro atoms. The van der Waals surface area contributed by atoms with Crippen LogP contribution in [0.2, 0.25) is 0 Å². The number of hydrogen-bond acceptors (Lipinski definition) is 6. The number of aromatic hydroxyl groups is 1. The molecule has 0 saturated heterocycles. The van der Waals surface area contributed by atoms with E-state index in [0.29, 0.717) is 12.8 Å². The second-order valence-electron chi connectivity index (χ2n) is 6.80. The molecule has 9 nitrogen and oxygen atoms in total. The zero-order valence-corrected chi connectivity index (χ0v) is 15.1. The highest BCUT2D eigenvalue weighted by Gasteiger charge is 2.33. The third-order valence-corrected chi connectivity index (χ3v) is 5.02. The number of Topliss-reactive ketones (excluding diaryl/α,β-unsaturated/α-hetero) is 1. The van der Waals surface area contributed by atoms with Gasteiger partial charge < -0.3 is 15.9 Å². The van der Waals surface area contributed by atoms with Gasteiger partial charge in [-0.2, -0.15) is 0 Å². The van der Waals surface area contributed by atoms with Gasteiger partial charge >= 0.3 is 11.7 Å². The van der Waals surface area contributed by atoms with Gasteiger partial charge in [0.25, 0.3) is 5.56 Å². The molecule has 0 radical (unpaired) electrons. The molecule has 3 rings (SSSR count). The molecule has 28 heavy (non-hydrogen) atoms. The number of aliphatic carboxylic acids is 1. The molecule has 1 unspecified atom stereocenters. The highest BCUT2D eigenvalue weighted by molar-refractivity contribution is 6.12. The van der Waals surface area contributed by atoms with E-state index < -0.39 is 46.5 Å². The quantitative estimate of drug-likeness (QED) is 0.508. The Kier molecular flexibility index (Phi) is 5.46. The first-order valence-corrected chi connectivity index (χ1v) is 9.03. The number of carbonyl (C=O) groups is 2. The summed E-state index contributed by atoms with van der Waals surface area (Å²) >= 11 is 0. The fraction of sp³-hybridized carbons (Fsp3) is 0.368. The molecule has 9 heteroatoms. The highest BCUT2D eigenvalue weighted by atomic mass is 16.4. The average Bonchev–Trinajstić information content (AvgIpc) is 2.68. The van der Waals surface area contributed by atoms with Crippen LogP contribution in [0.25, 0.3) is 5.69 Å². The van der Waals surface area contributed by atoms with E-state index in [4.69, 9.17) is 10.8 Å². The molecule has 0 aliphatic heterocycles. The Bertz CT molecular complexity index is 1020. The summed E-state index contributed by atoms with van der Waals surface area (Å²) in [7, 11) is 0. The minimum atomic E-state index is -2.03. The van der Waals surface area contributed by atoms with Crippen molar-refractivity contribution in [2.45, 2.75) is 44.2 Å². The van der Waals surface area contributed by atoms with Crippen LogP contribution >= 0.6 is 0 Å². The zero-order valence-electron chi connectivity index (χ0n) is 15.1. The molecule has 1 fully saturated rings. The van der Waals surface area contributed by atoms with E-state index in [1.807, 2.05) is 0 Å². The van der Waals surface area contributed by atoms with Gasteiger partial charge in [0.05, 0.1) is 5.69 Å². The van der Waals surface area contributed by atoms with Crippen molar-refractivity contribution in [3.8, 4) is 11.6 Å². The molecule has 2 aromatic rings. The van der Waals surface area contributed by atoms with Crippen LogP contribution in [0, 0.1) is 0 Å². The van der Waals surface area contributed by atoms with Crippen molar-refractivity contribution in [3.63, 3.8) is 0 Å². The van der Waals surface area contributed by atoms with E-state index in [-0.39, 0.29) is 5.69 Å². The van der Waals surface area contributed by atoms with Gasteiger partial charge in [0.1, 0.15) is 5.56 Å². The van der Waals surface area contributed by atoms with Gasteiger partial charge in [0.15, 0.2) is 6.04 Å². The van der Waals surface area contributed by atoms with Crippen molar-refractivity contribution in [1.29, 1.82) is 0 Å². The molecule has 4 N–H and O–H groups in total. The summed E-state index contributed by atoms with van der Waals surface area (Å²) in [5.41, 5.74) is 2.94. The van der Waals surface area contributed by atoms with E-state index in [2.05, 4.69) is 0 Å². The van der Waals surface area contributed by atoms with E-state index in [0.717, 1.165) is 28.4 Å². The van der Waals surface area contributed by atoms with Gasteiger partial charge in [0.2, 0.25) is 11.7 Å². The molecule has 1 aromatic heterocycles. The van der Waals surface area contributed by atoms with Crippen molar-refractivity contribution in [2.75, 3.05) is 0 Å². The number of hydrogen-bond donors (Lipinski definition) is 3. The first-order chi connectivity index (χ1) is 13.3. The predicted molar refractivity (Wildman–Crippen MR) is 100 cm³/mol. The van der Waals surface area contributed by atoms with Crippen LogP contribution in [0.4, 0.5) is 0 Å². The number of aromatic nitrogens is 2. The molecule has 1 atom stereocenters. The molecular weight excluding hydrogens is 366 g/mol. The molecule has 1 saturated carbocycles. The van der Waals surface area contributed by atoms with Crippen LogP contribution in [0.15, 0.2) is 39.9 Å². The van der Waals surface area contributed by atoms with E-state index >= 15 is 0 Å². The minimum Gasteiger partial charge on any atom is -0.494 e. The average molecular weight is 387 g/mol. The Labute approximate surface area is 159 Å². The maximum absolute atomic E-state index is 13.1. The summed E-state index contributed by atoms with van der Waals surface area (Å²) < 4.78 is 1.80. The summed E-state index contributed by atoms with van der Waals surface area (Å²) in [6.07, 6.45) is 3.84. The van der Waals surface area contributed by atoms with Crippen LogP contribution < -0.4 is 17.0 Å². The molecule has 1 aliphatic rings. The molecular formula is C19H21N3O6. The summed E-state index contributed by atoms with van der Waals surface area (Å²) in [6, 6.07) is 5.52. The Balaban J connectivity index is 2.33. The fourth-order valence-corrected chi connectivity index (χ4v) is 3.57. The molecule has 0 bridgehead atoms. The predicted octanol–water partition coefficient (Wildman–Crippen LogP) is 0.805. The summed E-state index contributed by atoms with van der Waals surface area (Å²) in [5.74, 6) is -3.70. The monoisotopic (exact) mass is 387 g/mol. The first kappa shape index (κ1) is 19.6. The third-order valence-electron chi connectivity index (χ3n) is 5.02. The molecule has 148 valence electrons. The van der Waals surface area contributed by atoms with Gasteiger partial charge in [0, 0.05) is 6.04 Å². The summed E-state index contributed by atoms with van der Waals surface area (Å²) in [5, 5.41) is 19.7. The van der Waals surface area contributed by atoms with Gasteiger partial charge in [-0.05, 0) is 25.0 Å². The number of nitrogens with two attached hydrogens (primary N) is 1. The summed E-state index contributed by atoms with van der Waals surface area (Å²) in [6.45, 7) is 0. The zero-order chi connectivity index (χ0) is 20.4. The lowest BCUT2D eigenvalue weighted by molar-refractivity contribution is -0.137. The van der Waals surface area contributed by atoms with Gasteiger partial charge in [-0.25, -0.2) is 9.36 Å². The van der Waals surface area contributed by atoms with Crippen LogP contribution in [-0.2, 0) is 4.79 Å². The van der Waals surface area contributed by atoms with E-state index in [1.165, 1.54) is 12.1 Å². The Hall–Kier alpha value is -3.20. The minimum absolute atomic E-state index is 0.208. The van der Waals surface area contributed by atoms with Crippen LogP contribution in [0.3, 0.4) is 0 Å². The number of carbonyl (C=O) groups excluding carboxylic acids is 1. The maximum atomic E-state index is 13.1. The number of carboxylic acid groups (broad SMARTS) is 1. The van der Waals surface area contributed by atoms with Crippen LogP contribution in [-0.4, -0.2) is 37.1 Å². The Morgan fingerprint density at radius 2 is 1.68 bits per heavy atom. The number of nitrogens with zero attached hydrogens (tertiary/aromatic N) is 2. The third kappa shape index (κ3) is 3.36. The van der Waals surface area contributed by atoms with Crippen molar-refractivity contribution in [3.05, 3.63) is 56.7 Å². The normalized spacial score (nSPS) is 15.9. The largest absolute Gasteiger partial charge is 0.494 e. The number of rotatable bonds is 5. The standard InChI is InChI=1S/C19H21N3O6/c20-14(18(26)27)15(23)13-16(24)21(11-7-3-1-4-8-11)19(28)22(17(13)25)12-9-5-2-6-10-12/h1,3-4,7-8,12,14,25H,2,5-6,9-10,20H2,(H,26,27). The molecule has 1 aromatic carbocycles. The van der Waals surface area contributed by atoms with Crippen molar-refractivity contribution < 1.29 is 19.8 Å². The van der Waals surface area contributed by atoms with E-state index in [1.54, 1.807) is 18.2 Å². The van der Waals surface area contributed by atoms with Gasteiger partial charge in [-0.15, -0.1) is 0 Å². The second kappa shape index (κ2) is 7.81. The van der Waals surface area contributed by atoms with E-state index in [9.17, 15) is 24.3 Å². The Morgan fingerprint density at radius 3 is 2.25 bits per heavy atom. The molecule has 0 amide bonds. The van der Waals surface area contributed by atoms with Crippen molar-refractivity contribution in [2.24, 2.45) is 5.73 Å². The first-order valence-electron chi connectivity index (χ1n) is 9.03. The number of ketones is 1. The lowest BCUT2D eigenvalue weighted by Crippen LogP contribution is -2.47. The van der Waals surface area contributed by atoms with Crippen LogP contribution in [0.1, 0.15) is 48.5 Å². The smallest absolute Gasteiger partial charge is 0.338 e. The van der Waals surface area contributed by atoms with Crippen molar-refractivity contribution in [1.82, 2.24) is 9.13 Å².